The fourth-order valence-electron chi connectivity index (χ4n) is 2.35. The van der Waals surface area contributed by atoms with Gasteiger partial charge in [-0.3, -0.25) is 4.79 Å². The van der Waals surface area contributed by atoms with E-state index in [2.05, 4.69) is 15.2 Å². The van der Waals surface area contributed by atoms with E-state index in [-0.39, 0.29) is 12.5 Å². The second kappa shape index (κ2) is 7.85. The van der Waals surface area contributed by atoms with Crippen LogP contribution in [0.3, 0.4) is 0 Å². The van der Waals surface area contributed by atoms with Crippen LogP contribution < -0.4 is 16.0 Å². The third-order valence-electron chi connectivity index (χ3n) is 3.44. The largest absolute Gasteiger partial charge is 0.465 e. The van der Waals surface area contributed by atoms with Gasteiger partial charge in [-0.2, -0.15) is 0 Å². The highest BCUT2D eigenvalue weighted by atomic mass is 35.5. The number of nitrogens with one attached hydrogen (secondary N) is 1. The minimum Gasteiger partial charge on any atom is -0.465 e. The maximum Gasteiger partial charge on any atom is 0.319 e. The number of hydrogen-bond acceptors (Lipinski definition) is 6. The van der Waals surface area contributed by atoms with Crippen molar-refractivity contribution in [2.75, 3.05) is 36.9 Å². The van der Waals surface area contributed by atoms with Crippen LogP contribution in [0.25, 0.3) is 0 Å². The van der Waals surface area contributed by atoms with Gasteiger partial charge in [-0.25, -0.2) is 4.98 Å². The summed E-state index contributed by atoms with van der Waals surface area (Å²) in [5.41, 5.74) is 6.89. The van der Waals surface area contributed by atoms with Crippen LogP contribution in [0.2, 0.25) is 10.0 Å². The maximum atomic E-state index is 11.3. The smallest absolute Gasteiger partial charge is 0.319 e. The van der Waals surface area contributed by atoms with Crippen LogP contribution in [0, 0.1) is 0 Å². The van der Waals surface area contributed by atoms with Gasteiger partial charge < -0.3 is 20.7 Å². The maximum absolute atomic E-state index is 11.3. The van der Waals surface area contributed by atoms with Gasteiger partial charge in [-0.05, 0) is 19.8 Å². The minimum absolute atomic E-state index is 0.0907. The second-order valence-corrected chi connectivity index (χ2v) is 5.78. The van der Waals surface area contributed by atoms with Gasteiger partial charge in [0.15, 0.2) is 0 Å². The zero-order valence-corrected chi connectivity index (χ0v) is 14.0. The van der Waals surface area contributed by atoms with Gasteiger partial charge in [0.05, 0.1) is 29.6 Å². The predicted molar refractivity (Wildman–Crippen MR) is 88.5 cm³/mol. The first kappa shape index (κ1) is 17.1. The summed E-state index contributed by atoms with van der Waals surface area (Å²) in [6, 6.07) is 0. The van der Waals surface area contributed by atoms with E-state index in [0.29, 0.717) is 40.4 Å². The normalized spacial score (nSPS) is 14.4. The molecule has 2 rings (SSSR count). The van der Waals surface area contributed by atoms with Crippen molar-refractivity contribution in [2.45, 2.75) is 26.3 Å². The quantitative estimate of drug-likeness (QED) is 0.768. The van der Waals surface area contributed by atoms with Crippen LogP contribution in [-0.4, -0.2) is 37.2 Å². The third kappa shape index (κ3) is 3.94. The molecule has 0 unspecified atom stereocenters. The molecule has 0 saturated carbocycles. The summed E-state index contributed by atoms with van der Waals surface area (Å²) in [4.78, 5) is 17.9. The summed E-state index contributed by atoms with van der Waals surface area (Å²) < 4.78 is 4.85. The van der Waals surface area contributed by atoms with Gasteiger partial charge >= 0.3 is 5.97 Å². The molecule has 22 heavy (non-hydrogen) atoms. The topological polar surface area (TPSA) is 80.5 Å². The Labute approximate surface area is 139 Å². The van der Waals surface area contributed by atoms with Crippen molar-refractivity contribution in [3.05, 3.63) is 15.7 Å². The van der Waals surface area contributed by atoms with Gasteiger partial charge in [0.1, 0.15) is 10.8 Å². The number of esters is 1. The Balaban J connectivity index is 2.11. The highest BCUT2D eigenvalue weighted by Gasteiger charge is 2.22. The van der Waals surface area contributed by atoms with Crippen LogP contribution in [-0.2, 0) is 16.1 Å². The number of carbonyl (C=O) groups is 1. The number of nitrogens with zero attached hydrogens (tertiary/aromatic N) is 2. The van der Waals surface area contributed by atoms with Crippen molar-refractivity contribution in [1.29, 1.82) is 0 Å². The molecule has 0 spiro atoms. The van der Waals surface area contributed by atoms with E-state index in [0.717, 1.165) is 25.9 Å². The number of aromatic nitrogens is 1. The monoisotopic (exact) mass is 346 g/mol. The van der Waals surface area contributed by atoms with E-state index in [1.807, 2.05) is 0 Å². The Morgan fingerprint density at radius 2 is 2.05 bits per heavy atom. The van der Waals surface area contributed by atoms with Crippen molar-refractivity contribution in [3.63, 3.8) is 0 Å². The van der Waals surface area contributed by atoms with E-state index in [4.69, 9.17) is 33.7 Å². The molecule has 2 heterocycles. The van der Waals surface area contributed by atoms with Crippen LogP contribution in [0.4, 0.5) is 11.5 Å². The minimum atomic E-state index is -0.319. The van der Waals surface area contributed by atoms with Crippen molar-refractivity contribution >= 4 is 40.7 Å². The molecule has 1 fully saturated rings. The highest BCUT2D eigenvalue weighted by Crippen LogP contribution is 2.37. The van der Waals surface area contributed by atoms with Crippen molar-refractivity contribution in [1.82, 2.24) is 10.3 Å². The molecule has 8 heteroatoms. The van der Waals surface area contributed by atoms with E-state index >= 15 is 0 Å². The Bertz CT molecular complexity index is 548. The molecular formula is C14H20Cl2N4O2. The Morgan fingerprint density at radius 1 is 1.36 bits per heavy atom. The number of carbonyl (C=O) groups excluding carboxylic acids is 1. The van der Waals surface area contributed by atoms with Crippen molar-refractivity contribution in [3.8, 4) is 0 Å². The molecular weight excluding hydrogens is 327 g/mol. The van der Waals surface area contributed by atoms with Gasteiger partial charge in [-0.15, -0.1) is 0 Å². The molecule has 1 aliphatic heterocycles. The number of nitrogens with two attached hydrogens (primary N) is 1. The van der Waals surface area contributed by atoms with Crippen LogP contribution in [0.5, 0.6) is 0 Å². The molecule has 1 aromatic heterocycles. The van der Waals surface area contributed by atoms with E-state index < -0.39 is 0 Å². The summed E-state index contributed by atoms with van der Waals surface area (Å²) >= 11 is 12.5. The van der Waals surface area contributed by atoms with Crippen LogP contribution in [0.1, 0.15) is 25.5 Å². The molecule has 1 saturated heterocycles. The third-order valence-corrected chi connectivity index (χ3v) is 4.23. The lowest BCUT2D eigenvalue weighted by Gasteiger charge is -2.21. The SMILES string of the molecule is CCOC(=O)CNCc1nc(N2CCCC2)c(Cl)c(N)c1Cl. The Hall–Kier alpha value is -1.24. The fraction of sp³-hybridized carbons (Fsp3) is 0.571. The summed E-state index contributed by atoms with van der Waals surface area (Å²) in [6.45, 7) is 4.34. The molecule has 0 atom stereocenters. The molecule has 1 aliphatic rings. The van der Waals surface area contributed by atoms with E-state index in [9.17, 15) is 4.79 Å². The standard InChI is InChI=1S/C14H20Cl2N4O2/c1-2-22-10(21)8-18-7-9-11(15)13(17)12(16)14(19-9)20-5-3-4-6-20/h18H,2-8H2,1H3,(H2,17,19). The number of halogens is 2. The van der Waals surface area contributed by atoms with Gasteiger partial charge in [0.2, 0.25) is 0 Å². The van der Waals surface area contributed by atoms with Gasteiger partial charge in [0.25, 0.3) is 0 Å². The molecule has 0 aromatic carbocycles. The molecule has 3 N–H and O–H groups in total. The van der Waals surface area contributed by atoms with Crippen molar-refractivity contribution in [2.24, 2.45) is 0 Å². The summed E-state index contributed by atoms with van der Waals surface area (Å²) in [5.74, 6) is 0.342. The van der Waals surface area contributed by atoms with E-state index in [1.54, 1.807) is 6.92 Å². The first-order chi connectivity index (χ1) is 10.5. The first-order valence-corrected chi connectivity index (χ1v) is 8.04. The average Bonchev–Trinajstić information content (AvgIpc) is 3.01. The summed E-state index contributed by atoms with van der Waals surface area (Å²) in [5, 5.41) is 3.67. The van der Waals surface area contributed by atoms with Crippen LogP contribution in [0.15, 0.2) is 0 Å². The molecule has 0 bridgehead atoms. The first-order valence-electron chi connectivity index (χ1n) is 7.29. The molecule has 0 amide bonds. The Morgan fingerprint density at radius 3 is 2.68 bits per heavy atom. The second-order valence-electron chi connectivity index (χ2n) is 5.03. The number of nitrogen functional groups attached to an aromatic ring is 1. The van der Waals surface area contributed by atoms with Crippen molar-refractivity contribution < 1.29 is 9.53 Å². The van der Waals surface area contributed by atoms with Crippen LogP contribution >= 0.6 is 23.2 Å². The number of ether oxygens (including phenoxy) is 1. The summed E-state index contributed by atoms with van der Waals surface area (Å²) in [6.07, 6.45) is 2.22. The number of anilines is 2. The lowest BCUT2D eigenvalue weighted by molar-refractivity contribution is -0.142. The lowest BCUT2D eigenvalue weighted by Crippen LogP contribution is -2.26. The van der Waals surface area contributed by atoms with Gasteiger partial charge in [-0.1, -0.05) is 23.2 Å². The molecule has 6 nitrogen and oxygen atoms in total. The zero-order chi connectivity index (χ0) is 16.1. The van der Waals surface area contributed by atoms with Gasteiger partial charge in [0, 0.05) is 19.6 Å². The fourth-order valence-corrected chi connectivity index (χ4v) is 2.86. The average molecular weight is 347 g/mol. The Kier molecular flexibility index (Phi) is 6.11. The molecule has 0 aliphatic carbocycles. The zero-order valence-electron chi connectivity index (χ0n) is 12.5. The number of hydrogen-bond donors (Lipinski definition) is 2. The molecule has 0 radical (unpaired) electrons. The lowest BCUT2D eigenvalue weighted by atomic mass is 10.3. The van der Waals surface area contributed by atoms with E-state index in [1.165, 1.54) is 0 Å². The predicted octanol–water partition coefficient (Wildman–Crippen LogP) is 2.22. The number of pyridine rings is 1. The summed E-state index contributed by atoms with van der Waals surface area (Å²) in [7, 11) is 0. The molecule has 122 valence electrons. The highest BCUT2D eigenvalue weighted by molar-refractivity contribution is 6.40. The number of rotatable bonds is 6. The molecule has 1 aromatic rings.